The van der Waals surface area contributed by atoms with Crippen LogP contribution in [-0.4, -0.2) is 26.5 Å². The van der Waals surface area contributed by atoms with Crippen molar-refractivity contribution in [3.63, 3.8) is 0 Å². The monoisotopic (exact) mass is 349 g/mol. The molecule has 3 N–H and O–H groups in total. The summed E-state index contributed by atoms with van der Waals surface area (Å²) in [7, 11) is 0. The second-order valence-corrected chi connectivity index (χ2v) is 6.21. The highest BCUT2D eigenvalue weighted by Crippen LogP contribution is 2.27. The van der Waals surface area contributed by atoms with Gasteiger partial charge in [-0.1, -0.05) is 32.1 Å². The molecule has 24 heavy (non-hydrogen) atoms. The molecule has 1 amide bonds. The molecule has 0 spiro atoms. The van der Waals surface area contributed by atoms with Crippen LogP contribution in [0.15, 0.2) is 37.1 Å². The number of nitrogens with zero attached hydrogens (tertiary/aromatic N) is 3. The van der Waals surface area contributed by atoms with Crippen LogP contribution in [0, 0.1) is 5.92 Å². The maximum atomic E-state index is 12.2. The highest BCUT2D eigenvalue weighted by atomic mass is 35.5. The highest BCUT2D eigenvalue weighted by molar-refractivity contribution is 5.94. The van der Waals surface area contributed by atoms with E-state index < -0.39 is 6.04 Å². The lowest BCUT2D eigenvalue weighted by atomic mass is 9.85. The number of anilines is 1. The van der Waals surface area contributed by atoms with Gasteiger partial charge in [0.15, 0.2) is 0 Å². The maximum absolute atomic E-state index is 12.2. The van der Waals surface area contributed by atoms with Gasteiger partial charge in [-0.3, -0.25) is 9.36 Å². The first-order chi connectivity index (χ1) is 11.2. The number of hydrogen-bond acceptors (Lipinski definition) is 4. The largest absolute Gasteiger partial charge is 0.323 e. The van der Waals surface area contributed by atoms with E-state index in [-0.39, 0.29) is 18.3 Å². The number of hydrogen-bond donors (Lipinski definition) is 2. The van der Waals surface area contributed by atoms with Crippen molar-refractivity contribution in [3.05, 3.63) is 37.1 Å². The Balaban J connectivity index is 0.00000208. The fraction of sp³-hybridized carbons (Fsp3) is 0.471. The number of carbonyl (C=O) groups excluding carboxylic acids is 1. The summed E-state index contributed by atoms with van der Waals surface area (Å²) in [5.41, 5.74) is 6.72. The van der Waals surface area contributed by atoms with Crippen molar-refractivity contribution in [2.75, 3.05) is 5.32 Å². The Morgan fingerprint density at radius 2 is 2.12 bits per heavy atom. The van der Waals surface area contributed by atoms with E-state index in [1.807, 2.05) is 18.3 Å². The molecule has 1 aliphatic carbocycles. The van der Waals surface area contributed by atoms with E-state index in [1.54, 1.807) is 23.3 Å². The minimum Gasteiger partial charge on any atom is -0.323 e. The van der Waals surface area contributed by atoms with Gasteiger partial charge in [0.1, 0.15) is 12.1 Å². The van der Waals surface area contributed by atoms with Crippen molar-refractivity contribution in [1.29, 1.82) is 0 Å². The van der Waals surface area contributed by atoms with Gasteiger partial charge < -0.3 is 11.1 Å². The molecule has 7 heteroatoms. The quantitative estimate of drug-likeness (QED) is 0.869. The van der Waals surface area contributed by atoms with Gasteiger partial charge in [0.05, 0.1) is 17.9 Å². The predicted octanol–water partition coefficient (Wildman–Crippen LogP) is 2.93. The van der Waals surface area contributed by atoms with Crippen LogP contribution in [0.2, 0.25) is 0 Å². The molecule has 0 saturated heterocycles. The fourth-order valence-corrected chi connectivity index (χ4v) is 3.13. The molecule has 0 aliphatic heterocycles. The lowest BCUT2D eigenvalue weighted by Gasteiger charge is -2.24. The number of carbonyl (C=O) groups is 1. The molecule has 1 aliphatic rings. The molecule has 0 bridgehead atoms. The Labute approximate surface area is 148 Å². The molecular weight excluding hydrogens is 326 g/mol. The van der Waals surface area contributed by atoms with Crippen molar-refractivity contribution < 1.29 is 4.79 Å². The zero-order valence-electron chi connectivity index (χ0n) is 13.6. The van der Waals surface area contributed by atoms with Crippen LogP contribution >= 0.6 is 12.4 Å². The third-order valence-corrected chi connectivity index (χ3v) is 4.43. The summed E-state index contributed by atoms with van der Waals surface area (Å²) in [6.45, 7) is 0. The van der Waals surface area contributed by atoms with E-state index in [9.17, 15) is 4.79 Å². The van der Waals surface area contributed by atoms with Gasteiger partial charge in [-0.15, -0.1) is 12.4 Å². The number of amides is 1. The SMILES string of the molecule is Cl.NC(CC1CCCCC1)C(=O)Nc1ccc(-n2ccnc2)nc1. The van der Waals surface area contributed by atoms with E-state index in [4.69, 9.17) is 5.73 Å². The van der Waals surface area contributed by atoms with Crippen LogP contribution in [0.4, 0.5) is 5.69 Å². The Kier molecular flexibility index (Phi) is 6.75. The standard InChI is InChI=1S/C17H23N5O.ClH/c18-15(10-13-4-2-1-3-5-13)17(23)21-14-6-7-16(20-11-14)22-9-8-19-12-22;/h6-9,11-13,15H,1-5,10,18H2,(H,21,23);1H. The number of nitrogens with two attached hydrogens (primary N) is 1. The maximum Gasteiger partial charge on any atom is 0.241 e. The summed E-state index contributed by atoms with van der Waals surface area (Å²) in [5.74, 6) is 1.21. The molecule has 1 fully saturated rings. The first-order valence-corrected chi connectivity index (χ1v) is 8.23. The topological polar surface area (TPSA) is 85.8 Å². The second-order valence-electron chi connectivity index (χ2n) is 6.21. The summed E-state index contributed by atoms with van der Waals surface area (Å²) in [4.78, 5) is 20.5. The van der Waals surface area contributed by atoms with E-state index >= 15 is 0 Å². The third kappa shape index (κ3) is 4.79. The van der Waals surface area contributed by atoms with Crippen molar-refractivity contribution in [3.8, 4) is 5.82 Å². The normalized spacial score (nSPS) is 16.2. The van der Waals surface area contributed by atoms with Crippen molar-refractivity contribution in [1.82, 2.24) is 14.5 Å². The van der Waals surface area contributed by atoms with E-state index in [0.29, 0.717) is 11.6 Å². The van der Waals surface area contributed by atoms with Gasteiger partial charge in [0, 0.05) is 12.4 Å². The van der Waals surface area contributed by atoms with E-state index in [1.165, 1.54) is 32.1 Å². The van der Waals surface area contributed by atoms with Gasteiger partial charge in [0.25, 0.3) is 0 Å². The summed E-state index contributed by atoms with van der Waals surface area (Å²) in [6, 6.07) is 3.21. The number of imidazole rings is 1. The minimum atomic E-state index is -0.452. The van der Waals surface area contributed by atoms with Crippen LogP contribution in [0.5, 0.6) is 0 Å². The van der Waals surface area contributed by atoms with Crippen LogP contribution in [0.1, 0.15) is 38.5 Å². The van der Waals surface area contributed by atoms with Gasteiger partial charge in [0.2, 0.25) is 5.91 Å². The number of aromatic nitrogens is 3. The molecule has 2 aromatic heterocycles. The van der Waals surface area contributed by atoms with Gasteiger partial charge in [-0.2, -0.15) is 0 Å². The van der Waals surface area contributed by atoms with Crippen LogP contribution in [-0.2, 0) is 4.79 Å². The molecule has 6 nitrogen and oxygen atoms in total. The Bertz CT molecular complexity index is 623. The molecule has 1 unspecified atom stereocenters. The van der Waals surface area contributed by atoms with Crippen molar-refractivity contribution in [2.24, 2.45) is 11.7 Å². The van der Waals surface area contributed by atoms with Crippen molar-refractivity contribution in [2.45, 2.75) is 44.6 Å². The van der Waals surface area contributed by atoms with E-state index in [2.05, 4.69) is 15.3 Å². The Hall–Kier alpha value is -1.92. The molecule has 2 aromatic rings. The van der Waals surface area contributed by atoms with Crippen molar-refractivity contribution >= 4 is 24.0 Å². The molecule has 2 heterocycles. The average Bonchev–Trinajstić information content (AvgIpc) is 3.11. The zero-order valence-corrected chi connectivity index (χ0v) is 14.4. The summed E-state index contributed by atoms with van der Waals surface area (Å²) >= 11 is 0. The predicted molar refractivity (Wildman–Crippen MR) is 96.4 cm³/mol. The molecular formula is C17H24ClN5O. The second kappa shape index (κ2) is 8.80. The third-order valence-electron chi connectivity index (χ3n) is 4.43. The summed E-state index contributed by atoms with van der Waals surface area (Å²) in [5, 5.41) is 2.85. The summed E-state index contributed by atoms with van der Waals surface area (Å²) < 4.78 is 1.81. The number of pyridine rings is 1. The molecule has 130 valence electrons. The highest BCUT2D eigenvalue weighted by Gasteiger charge is 2.21. The first-order valence-electron chi connectivity index (χ1n) is 8.23. The van der Waals surface area contributed by atoms with Gasteiger partial charge >= 0.3 is 0 Å². The van der Waals surface area contributed by atoms with Gasteiger partial charge in [-0.05, 0) is 24.5 Å². The summed E-state index contributed by atoms with van der Waals surface area (Å²) in [6.07, 6.45) is 13.8. The zero-order chi connectivity index (χ0) is 16.1. The lowest BCUT2D eigenvalue weighted by molar-refractivity contribution is -0.117. The van der Waals surface area contributed by atoms with Crippen LogP contribution in [0.3, 0.4) is 0 Å². The van der Waals surface area contributed by atoms with Crippen LogP contribution < -0.4 is 11.1 Å². The first kappa shape index (κ1) is 18.4. The molecule has 0 radical (unpaired) electrons. The fourth-order valence-electron chi connectivity index (χ4n) is 3.13. The van der Waals surface area contributed by atoms with Gasteiger partial charge in [-0.25, -0.2) is 9.97 Å². The molecule has 1 saturated carbocycles. The molecule has 1 atom stereocenters. The smallest absolute Gasteiger partial charge is 0.241 e. The number of rotatable bonds is 5. The Morgan fingerprint density at radius 1 is 1.33 bits per heavy atom. The minimum absolute atomic E-state index is 0. The molecule has 0 aromatic carbocycles. The van der Waals surface area contributed by atoms with E-state index in [0.717, 1.165) is 12.2 Å². The number of nitrogens with one attached hydrogen (secondary N) is 1. The molecule has 3 rings (SSSR count). The average molecular weight is 350 g/mol. The Morgan fingerprint density at radius 3 is 2.75 bits per heavy atom. The lowest BCUT2D eigenvalue weighted by Crippen LogP contribution is -2.37. The van der Waals surface area contributed by atoms with Crippen LogP contribution in [0.25, 0.3) is 5.82 Å². The number of halogens is 1.